The molecule has 5 heteroatoms. The molecule has 112 valence electrons. The highest BCUT2D eigenvalue weighted by atomic mass is 16.5. The van der Waals surface area contributed by atoms with Crippen LogP contribution in [-0.2, 0) is 16.1 Å². The van der Waals surface area contributed by atoms with Crippen molar-refractivity contribution in [2.75, 3.05) is 20.8 Å². The molecule has 1 N–H and O–H groups in total. The van der Waals surface area contributed by atoms with E-state index in [0.29, 0.717) is 24.7 Å². The van der Waals surface area contributed by atoms with Crippen molar-refractivity contribution in [3.8, 4) is 11.5 Å². The second-order valence-electron chi connectivity index (χ2n) is 4.85. The van der Waals surface area contributed by atoms with Gasteiger partial charge in [-0.1, -0.05) is 12.1 Å². The zero-order valence-electron chi connectivity index (χ0n) is 12.8. The fourth-order valence-corrected chi connectivity index (χ4v) is 1.84. The zero-order valence-corrected chi connectivity index (χ0v) is 12.8. The Labute approximate surface area is 120 Å². The first-order chi connectivity index (χ1) is 9.46. The number of carbonyl (C=O) groups excluding carboxylic acids is 1. The minimum absolute atomic E-state index is 0.308. The summed E-state index contributed by atoms with van der Waals surface area (Å²) in [5.41, 5.74) is 0.164. The normalized spacial score (nSPS) is 11.1. The van der Waals surface area contributed by atoms with Crippen LogP contribution in [0.3, 0.4) is 0 Å². The van der Waals surface area contributed by atoms with Gasteiger partial charge >= 0.3 is 5.97 Å². The Morgan fingerprint density at radius 2 is 2.00 bits per heavy atom. The fraction of sp³-hybridized carbons (Fsp3) is 0.533. The van der Waals surface area contributed by atoms with Gasteiger partial charge in [-0.25, -0.2) is 0 Å². The van der Waals surface area contributed by atoms with E-state index in [2.05, 4.69) is 5.32 Å². The van der Waals surface area contributed by atoms with Crippen molar-refractivity contribution in [3.05, 3.63) is 23.8 Å². The van der Waals surface area contributed by atoms with Crippen LogP contribution in [0.1, 0.15) is 26.3 Å². The van der Waals surface area contributed by atoms with Crippen molar-refractivity contribution >= 4 is 5.97 Å². The maximum atomic E-state index is 11.6. The first-order valence-electron chi connectivity index (χ1n) is 6.58. The van der Waals surface area contributed by atoms with Crippen LogP contribution in [0.4, 0.5) is 0 Å². The van der Waals surface area contributed by atoms with E-state index in [9.17, 15) is 4.79 Å². The lowest BCUT2D eigenvalue weighted by Crippen LogP contribution is -2.47. The minimum Gasteiger partial charge on any atom is -0.493 e. The first kappa shape index (κ1) is 16.3. The smallest absolute Gasteiger partial charge is 0.325 e. The van der Waals surface area contributed by atoms with Crippen molar-refractivity contribution in [1.29, 1.82) is 0 Å². The average molecular weight is 281 g/mol. The van der Waals surface area contributed by atoms with Gasteiger partial charge in [0.25, 0.3) is 0 Å². The van der Waals surface area contributed by atoms with E-state index in [-0.39, 0.29) is 5.97 Å². The van der Waals surface area contributed by atoms with Gasteiger partial charge in [0.15, 0.2) is 11.5 Å². The summed E-state index contributed by atoms with van der Waals surface area (Å²) in [6, 6.07) is 5.69. The molecule has 0 unspecified atom stereocenters. The molecule has 20 heavy (non-hydrogen) atoms. The molecular formula is C15H23NO4. The van der Waals surface area contributed by atoms with Crippen LogP contribution in [0.5, 0.6) is 11.5 Å². The summed E-state index contributed by atoms with van der Waals surface area (Å²) in [7, 11) is 2.98. The number of methoxy groups -OCH3 is 2. The van der Waals surface area contributed by atoms with Gasteiger partial charge in [-0.05, 0) is 26.8 Å². The molecule has 0 atom stereocenters. The Morgan fingerprint density at radius 1 is 1.30 bits per heavy atom. The molecular weight excluding hydrogens is 258 g/mol. The number of ether oxygens (including phenoxy) is 3. The van der Waals surface area contributed by atoms with E-state index < -0.39 is 5.54 Å². The minimum atomic E-state index is -0.763. The molecule has 0 saturated heterocycles. The standard InChI is InChI=1S/C15H23NO4/c1-6-20-12-9-7-8-11(13(12)18-4)10-16-15(2,3)14(17)19-5/h7-9,16H,6,10H2,1-5H3. The third kappa shape index (κ3) is 3.87. The molecule has 0 fully saturated rings. The molecule has 0 spiro atoms. The van der Waals surface area contributed by atoms with Crippen molar-refractivity contribution in [2.24, 2.45) is 0 Å². The predicted octanol–water partition coefficient (Wildman–Crippen LogP) is 2.14. The first-order valence-corrected chi connectivity index (χ1v) is 6.58. The number of benzene rings is 1. The van der Waals surface area contributed by atoms with E-state index in [4.69, 9.17) is 14.2 Å². The van der Waals surface area contributed by atoms with Crippen LogP contribution in [0.25, 0.3) is 0 Å². The summed E-state index contributed by atoms with van der Waals surface area (Å²) < 4.78 is 15.7. The molecule has 1 aromatic carbocycles. The van der Waals surface area contributed by atoms with Crippen LogP contribution in [0, 0.1) is 0 Å². The molecule has 1 aromatic rings. The lowest BCUT2D eigenvalue weighted by atomic mass is 10.1. The van der Waals surface area contributed by atoms with Gasteiger partial charge in [0.05, 0.1) is 20.8 Å². The maximum absolute atomic E-state index is 11.6. The molecule has 0 radical (unpaired) electrons. The molecule has 0 heterocycles. The van der Waals surface area contributed by atoms with Crippen LogP contribution in [0.2, 0.25) is 0 Å². The zero-order chi connectivity index (χ0) is 15.2. The lowest BCUT2D eigenvalue weighted by molar-refractivity contribution is -0.147. The average Bonchev–Trinajstić information content (AvgIpc) is 2.44. The SMILES string of the molecule is CCOc1cccc(CNC(C)(C)C(=O)OC)c1OC. The van der Waals surface area contributed by atoms with Crippen molar-refractivity contribution < 1.29 is 19.0 Å². The maximum Gasteiger partial charge on any atom is 0.325 e. The van der Waals surface area contributed by atoms with Crippen LogP contribution < -0.4 is 14.8 Å². The Bertz CT molecular complexity index is 457. The molecule has 0 aromatic heterocycles. The van der Waals surface area contributed by atoms with Crippen LogP contribution >= 0.6 is 0 Å². The van der Waals surface area contributed by atoms with E-state index in [1.54, 1.807) is 21.0 Å². The molecule has 5 nitrogen and oxygen atoms in total. The quantitative estimate of drug-likeness (QED) is 0.776. The van der Waals surface area contributed by atoms with Gasteiger partial charge in [-0.2, -0.15) is 0 Å². The number of nitrogens with one attached hydrogen (secondary N) is 1. The largest absolute Gasteiger partial charge is 0.493 e. The van der Waals surface area contributed by atoms with Crippen LogP contribution in [0.15, 0.2) is 18.2 Å². The number of rotatable bonds is 7. The van der Waals surface area contributed by atoms with Gasteiger partial charge in [-0.3, -0.25) is 10.1 Å². The number of hydrogen-bond acceptors (Lipinski definition) is 5. The molecule has 0 amide bonds. The molecule has 0 bridgehead atoms. The van der Waals surface area contributed by atoms with Gasteiger partial charge in [0.1, 0.15) is 5.54 Å². The number of carbonyl (C=O) groups is 1. The molecule has 0 aliphatic carbocycles. The monoisotopic (exact) mass is 281 g/mol. The second kappa shape index (κ2) is 7.14. The fourth-order valence-electron chi connectivity index (χ4n) is 1.84. The van der Waals surface area contributed by atoms with Crippen molar-refractivity contribution in [2.45, 2.75) is 32.9 Å². The highest BCUT2D eigenvalue weighted by Gasteiger charge is 2.28. The van der Waals surface area contributed by atoms with E-state index in [1.165, 1.54) is 7.11 Å². The van der Waals surface area contributed by atoms with Gasteiger partial charge in [-0.15, -0.1) is 0 Å². The van der Waals surface area contributed by atoms with E-state index >= 15 is 0 Å². The van der Waals surface area contributed by atoms with E-state index in [1.807, 2.05) is 25.1 Å². The van der Waals surface area contributed by atoms with Gasteiger partial charge < -0.3 is 14.2 Å². The third-order valence-electron chi connectivity index (χ3n) is 2.98. The van der Waals surface area contributed by atoms with Gasteiger partial charge in [0.2, 0.25) is 0 Å². The van der Waals surface area contributed by atoms with Gasteiger partial charge in [0, 0.05) is 12.1 Å². The second-order valence-corrected chi connectivity index (χ2v) is 4.85. The van der Waals surface area contributed by atoms with Crippen molar-refractivity contribution in [1.82, 2.24) is 5.32 Å². The Hall–Kier alpha value is -1.75. The number of para-hydroxylation sites is 1. The third-order valence-corrected chi connectivity index (χ3v) is 2.98. The Kier molecular flexibility index (Phi) is 5.82. The topological polar surface area (TPSA) is 56.8 Å². The number of esters is 1. The molecule has 0 aliphatic heterocycles. The van der Waals surface area contributed by atoms with Crippen LogP contribution in [-0.4, -0.2) is 32.3 Å². The summed E-state index contributed by atoms with van der Waals surface area (Å²) in [5.74, 6) is 1.07. The highest BCUT2D eigenvalue weighted by molar-refractivity contribution is 5.79. The van der Waals surface area contributed by atoms with Crippen molar-refractivity contribution in [3.63, 3.8) is 0 Å². The Morgan fingerprint density at radius 3 is 2.55 bits per heavy atom. The molecule has 0 aliphatic rings. The summed E-state index contributed by atoms with van der Waals surface area (Å²) in [5, 5.41) is 3.16. The molecule has 0 saturated carbocycles. The number of hydrogen-bond donors (Lipinski definition) is 1. The van der Waals surface area contributed by atoms with E-state index in [0.717, 1.165) is 5.56 Å². The molecule has 1 rings (SSSR count). The lowest BCUT2D eigenvalue weighted by Gasteiger charge is -2.24. The summed E-state index contributed by atoms with van der Waals surface area (Å²) >= 11 is 0. The summed E-state index contributed by atoms with van der Waals surface area (Å²) in [4.78, 5) is 11.6. The predicted molar refractivity (Wildman–Crippen MR) is 77.1 cm³/mol. The Balaban J connectivity index is 2.87. The highest BCUT2D eigenvalue weighted by Crippen LogP contribution is 2.31. The summed E-state index contributed by atoms with van der Waals surface area (Å²) in [6.07, 6.45) is 0. The summed E-state index contributed by atoms with van der Waals surface area (Å²) in [6.45, 7) is 6.52.